The number of halogens is 1. The molecule has 21 heavy (non-hydrogen) atoms. The van der Waals surface area contributed by atoms with Crippen LogP contribution < -0.4 is 5.32 Å². The topological polar surface area (TPSA) is 29.9 Å². The average molecular weight is 300 g/mol. The molecule has 3 aromatic rings. The van der Waals surface area contributed by atoms with E-state index in [-0.39, 0.29) is 0 Å². The van der Waals surface area contributed by atoms with E-state index in [0.717, 1.165) is 30.2 Å². The Labute approximate surface area is 129 Å². The van der Waals surface area contributed by atoms with Crippen LogP contribution in [-0.4, -0.2) is 16.3 Å². The normalized spacial score (nSPS) is 11.1. The summed E-state index contributed by atoms with van der Waals surface area (Å²) in [6.45, 7) is 1.71. The monoisotopic (exact) mass is 299 g/mol. The summed E-state index contributed by atoms with van der Waals surface area (Å²) in [5.41, 5.74) is 3.56. The third kappa shape index (κ3) is 3.26. The van der Waals surface area contributed by atoms with Crippen LogP contribution in [0, 0.1) is 0 Å². The fourth-order valence-electron chi connectivity index (χ4n) is 2.51. The minimum Gasteiger partial charge on any atom is -0.311 e. The molecule has 1 heterocycles. The molecule has 0 unspecified atom stereocenters. The second-order valence-electron chi connectivity index (χ2n) is 5.14. The molecule has 4 heteroatoms. The molecule has 0 radical (unpaired) electrons. The molecular weight excluding hydrogens is 282 g/mol. The van der Waals surface area contributed by atoms with Gasteiger partial charge in [0.05, 0.1) is 11.2 Å². The van der Waals surface area contributed by atoms with Crippen molar-refractivity contribution in [3.05, 3.63) is 64.8 Å². The maximum atomic E-state index is 5.88. The Bertz CT molecular complexity index is 731. The van der Waals surface area contributed by atoms with Gasteiger partial charge in [0.2, 0.25) is 0 Å². The fraction of sp³-hybridized carbons (Fsp3) is 0.235. The minimum absolute atomic E-state index is 0.784. The molecule has 0 aliphatic carbocycles. The van der Waals surface area contributed by atoms with Gasteiger partial charge < -0.3 is 5.32 Å². The molecule has 0 spiro atoms. The molecule has 108 valence electrons. The smallest absolute Gasteiger partial charge is 0.0841 e. The first-order valence-electron chi connectivity index (χ1n) is 7.10. The zero-order valence-corrected chi connectivity index (χ0v) is 12.8. The third-order valence-electron chi connectivity index (χ3n) is 3.63. The van der Waals surface area contributed by atoms with Crippen LogP contribution in [0.3, 0.4) is 0 Å². The van der Waals surface area contributed by atoms with Gasteiger partial charge >= 0.3 is 0 Å². The van der Waals surface area contributed by atoms with E-state index in [1.54, 1.807) is 0 Å². The zero-order chi connectivity index (χ0) is 14.7. The fourth-order valence-corrected chi connectivity index (χ4v) is 2.64. The first-order valence-corrected chi connectivity index (χ1v) is 7.47. The lowest BCUT2D eigenvalue weighted by Gasteiger charge is -2.04. The van der Waals surface area contributed by atoms with Crippen LogP contribution in [0.1, 0.15) is 11.3 Å². The maximum Gasteiger partial charge on any atom is 0.0841 e. The van der Waals surface area contributed by atoms with E-state index in [1.807, 2.05) is 29.9 Å². The van der Waals surface area contributed by atoms with E-state index in [1.165, 1.54) is 16.5 Å². The van der Waals surface area contributed by atoms with E-state index in [9.17, 15) is 0 Å². The summed E-state index contributed by atoms with van der Waals surface area (Å²) in [7, 11) is 1.99. The van der Waals surface area contributed by atoms with Crippen molar-refractivity contribution in [2.75, 3.05) is 6.54 Å². The number of aromatic nitrogens is 2. The highest BCUT2D eigenvalue weighted by molar-refractivity contribution is 6.30. The van der Waals surface area contributed by atoms with Gasteiger partial charge in [-0.3, -0.25) is 4.68 Å². The largest absolute Gasteiger partial charge is 0.311 e. The SMILES string of the molecule is Cn1nc(CNCCc2ccc(Cl)cc2)c2ccccc21. The minimum atomic E-state index is 0.784. The molecule has 2 aromatic carbocycles. The zero-order valence-electron chi connectivity index (χ0n) is 12.0. The van der Waals surface area contributed by atoms with E-state index in [2.05, 4.69) is 40.7 Å². The number of aryl methyl sites for hydroxylation is 1. The summed E-state index contributed by atoms with van der Waals surface area (Å²) >= 11 is 5.88. The predicted molar refractivity (Wildman–Crippen MR) is 87.6 cm³/mol. The van der Waals surface area contributed by atoms with Crippen molar-refractivity contribution >= 4 is 22.5 Å². The summed E-state index contributed by atoms with van der Waals surface area (Å²) in [4.78, 5) is 0. The number of hydrogen-bond acceptors (Lipinski definition) is 2. The predicted octanol–water partition coefficient (Wildman–Crippen LogP) is 3.56. The Kier molecular flexibility index (Phi) is 4.23. The van der Waals surface area contributed by atoms with Gasteiger partial charge in [-0.05, 0) is 36.7 Å². The summed E-state index contributed by atoms with van der Waals surface area (Å²) in [5, 5.41) is 10.0. The average Bonchev–Trinajstić information content (AvgIpc) is 2.83. The van der Waals surface area contributed by atoms with Crippen molar-refractivity contribution in [3.63, 3.8) is 0 Å². The summed E-state index contributed by atoms with van der Waals surface area (Å²) < 4.78 is 1.94. The van der Waals surface area contributed by atoms with Gasteiger partial charge in [0.25, 0.3) is 0 Å². The summed E-state index contributed by atoms with van der Waals surface area (Å²) in [6.07, 6.45) is 0.988. The molecule has 0 saturated carbocycles. The van der Waals surface area contributed by atoms with Crippen molar-refractivity contribution in [1.29, 1.82) is 0 Å². The lowest BCUT2D eigenvalue weighted by molar-refractivity contribution is 0.659. The van der Waals surface area contributed by atoms with Crippen LogP contribution in [-0.2, 0) is 20.0 Å². The Morgan fingerprint density at radius 1 is 1.10 bits per heavy atom. The molecule has 1 N–H and O–H groups in total. The molecule has 0 aliphatic rings. The number of benzene rings is 2. The molecule has 0 bridgehead atoms. The highest BCUT2D eigenvalue weighted by Crippen LogP contribution is 2.17. The van der Waals surface area contributed by atoms with Gasteiger partial charge in [0, 0.05) is 24.0 Å². The van der Waals surface area contributed by atoms with Crippen LogP contribution in [0.2, 0.25) is 5.02 Å². The van der Waals surface area contributed by atoms with Crippen molar-refractivity contribution in [2.24, 2.45) is 7.05 Å². The van der Waals surface area contributed by atoms with Crippen molar-refractivity contribution in [3.8, 4) is 0 Å². The molecule has 0 fully saturated rings. The number of hydrogen-bond donors (Lipinski definition) is 1. The number of para-hydroxylation sites is 1. The molecule has 0 saturated heterocycles. The van der Waals surface area contributed by atoms with Gasteiger partial charge in [-0.1, -0.05) is 41.9 Å². The van der Waals surface area contributed by atoms with Crippen molar-refractivity contribution < 1.29 is 0 Å². The first kappa shape index (κ1) is 14.1. The van der Waals surface area contributed by atoms with Crippen LogP contribution in [0.5, 0.6) is 0 Å². The Morgan fingerprint density at radius 2 is 1.86 bits per heavy atom. The van der Waals surface area contributed by atoms with Crippen molar-refractivity contribution in [2.45, 2.75) is 13.0 Å². The maximum absolute atomic E-state index is 5.88. The summed E-state index contributed by atoms with van der Waals surface area (Å²) in [6, 6.07) is 16.3. The highest BCUT2D eigenvalue weighted by Gasteiger charge is 2.06. The Morgan fingerprint density at radius 3 is 2.67 bits per heavy atom. The molecule has 0 amide bonds. The standard InChI is InChI=1S/C17H18ClN3/c1-21-17-5-3-2-4-15(17)16(20-21)12-19-11-10-13-6-8-14(18)9-7-13/h2-9,19H,10-12H2,1H3. The molecule has 0 aliphatic heterocycles. The second-order valence-corrected chi connectivity index (χ2v) is 5.58. The lowest BCUT2D eigenvalue weighted by atomic mass is 10.1. The van der Waals surface area contributed by atoms with E-state index < -0.39 is 0 Å². The molecule has 3 nitrogen and oxygen atoms in total. The Hall–Kier alpha value is -1.84. The van der Waals surface area contributed by atoms with E-state index in [0.29, 0.717) is 0 Å². The van der Waals surface area contributed by atoms with Gasteiger partial charge in [-0.25, -0.2) is 0 Å². The van der Waals surface area contributed by atoms with E-state index >= 15 is 0 Å². The van der Waals surface area contributed by atoms with Crippen LogP contribution >= 0.6 is 11.6 Å². The number of rotatable bonds is 5. The molecule has 0 atom stereocenters. The van der Waals surface area contributed by atoms with Gasteiger partial charge in [-0.15, -0.1) is 0 Å². The van der Waals surface area contributed by atoms with Crippen LogP contribution in [0.4, 0.5) is 0 Å². The molecule has 1 aromatic heterocycles. The summed E-state index contributed by atoms with van der Waals surface area (Å²) in [5.74, 6) is 0. The molecule has 3 rings (SSSR count). The highest BCUT2D eigenvalue weighted by atomic mass is 35.5. The number of nitrogens with one attached hydrogen (secondary N) is 1. The molecular formula is C17H18ClN3. The third-order valence-corrected chi connectivity index (χ3v) is 3.88. The number of nitrogens with zero attached hydrogens (tertiary/aromatic N) is 2. The Balaban J connectivity index is 1.58. The number of fused-ring (bicyclic) bond motifs is 1. The van der Waals surface area contributed by atoms with E-state index in [4.69, 9.17) is 11.6 Å². The van der Waals surface area contributed by atoms with Crippen LogP contribution in [0.25, 0.3) is 10.9 Å². The quantitative estimate of drug-likeness (QED) is 0.730. The van der Waals surface area contributed by atoms with Gasteiger partial charge in [0.1, 0.15) is 0 Å². The van der Waals surface area contributed by atoms with Crippen LogP contribution in [0.15, 0.2) is 48.5 Å². The van der Waals surface area contributed by atoms with Gasteiger partial charge in [-0.2, -0.15) is 5.10 Å². The van der Waals surface area contributed by atoms with Gasteiger partial charge in [0.15, 0.2) is 0 Å². The lowest BCUT2D eigenvalue weighted by Crippen LogP contribution is -2.17. The first-order chi connectivity index (χ1) is 10.2. The van der Waals surface area contributed by atoms with Crippen molar-refractivity contribution in [1.82, 2.24) is 15.1 Å². The second kappa shape index (κ2) is 6.29.